The second-order valence-corrected chi connectivity index (χ2v) is 5.18. The molecule has 2 rings (SSSR count). The van der Waals surface area contributed by atoms with Gasteiger partial charge in [0.25, 0.3) is 0 Å². The van der Waals surface area contributed by atoms with Crippen LogP contribution in [0, 0.1) is 0 Å². The molecule has 1 aromatic heterocycles. The van der Waals surface area contributed by atoms with Gasteiger partial charge in [-0.05, 0) is 32.1 Å². The SMILES string of the molecule is CCCC(CC)NC1CCCC1n1ccnc1. The van der Waals surface area contributed by atoms with Crippen molar-refractivity contribution < 1.29 is 0 Å². The highest BCUT2D eigenvalue weighted by atomic mass is 15.1. The summed E-state index contributed by atoms with van der Waals surface area (Å²) in [5.74, 6) is 0. The number of hydrogen-bond acceptors (Lipinski definition) is 2. The van der Waals surface area contributed by atoms with Crippen LogP contribution in [0.15, 0.2) is 18.7 Å². The van der Waals surface area contributed by atoms with Crippen molar-refractivity contribution in [2.24, 2.45) is 0 Å². The van der Waals surface area contributed by atoms with E-state index < -0.39 is 0 Å². The minimum absolute atomic E-state index is 0.614. The van der Waals surface area contributed by atoms with Gasteiger partial charge in [-0.25, -0.2) is 4.98 Å². The minimum atomic E-state index is 0.614. The van der Waals surface area contributed by atoms with E-state index in [0.29, 0.717) is 18.1 Å². The molecule has 1 aliphatic carbocycles. The van der Waals surface area contributed by atoms with Crippen LogP contribution in [-0.4, -0.2) is 21.6 Å². The first-order valence-electron chi connectivity index (χ1n) is 7.08. The van der Waals surface area contributed by atoms with Crippen molar-refractivity contribution >= 4 is 0 Å². The van der Waals surface area contributed by atoms with Gasteiger partial charge in [0.2, 0.25) is 0 Å². The first-order valence-corrected chi connectivity index (χ1v) is 7.08. The second kappa shape index (κ2) is 6.20. The summed E-state index contributed by atoms with van der Waals surface area (Å²) >= 11 is 0. The van der Waals surface area contributed by atoms with E-state index >= 15 is 0 Å². The number of nitrogens with one attached hydrogen (secondary N) is 1. The lowest BCUT2D eigenvalue weighted by Gasteiger charge is -2.27. The third kappa shape index (κ3) is 3.09. The molecule has 17 heavy (non-hydrogen) atoms. The van der Waals surface area contributed by atoms with E-state index in [9.17, 15) is 0 Å². The summed E-state index contributed by atoms with van der Waals surface area (Å²) in [4.78, 5) is 4.17. The molecule has 96 valence electrons. The van der Waals surface area contributed by atoms with Crippen molar-refractivity contribution in [3.63, 3.8) is 0 Å². The van der Waals surface area contributed by atoms with Gasteiger partial charge in [-0.3, -0.25) is 0 Å². The van der Waals surface area contributed by atoms with Crippen LogP contribution in [0.3, 0.4) is 0 Å². The van der Waals surface area contributed by atoms with Crippen molar-refractivity contribution in [1.29, 1.82) is 0 Å². The van der Waals surface area contributed by atoms with Gasteiger partial charge in [0.15, 0.2) is 0 Å². The Balaban J connectivity index is 1.95. The third-order valence-corrected chi connectivity index (χ3v) is 3.97. The van der Waals surface area contributed by atoms with Crippen molar-refractivity contribution in [1.82, 2.24) is 14.9 Å². The van der Waals surface area contributed by atoms with Crippen LogP contribution < -0.4 is 5.32 Å². The molecule has 1 heterocycles. The van der Waals surface area contributed by atoms with Crippen molar-refractivity contribution in [3.8, 4) is 0 Å². The Labute approximate surface area is 105 Å². The molecule has 3 unspecified atom stereocenters. The fourth-order valence-electron chi connectivity index (χ4n) is 3.01. The van der Waals surface area contributed by atoms with E-state index in [4.69, 9.17) is 0 Å². The summed E-state index contributed by atoms with van der Waals surface area (Å²) in [6, 6.07) is 1.94. The molecule has 3 heteroatoms. The van der Waals surface area contributed by atoms with Crippen LogP contribution in [0.4, 0.5) is 0 Å². The molecule has 1 aliphatic rings. The van der Waals surface area contributed by atoms with Gasteiger partial charge in [0.1, 0.15) is 0 Å². The number of imidazole rings is 1. The number of rotatable bonds is 6. The Morgan fingerprint density at radius 3 is 2.94 bits per heavy atom. The monoisotopic (exact) mass is 235 g/mol. The van der Waals surface area contributed by atoms with Gasteiger partial charge in [-0.2, -0.15) is 0 Å². The van der Waals surface area contributed by atoms with Gasteiger partial charge in [-0.1, -0.05) is 20.3 Å². The van der Waals surface area contributed by atoms with Crippen LogP contribution >= 0.6 is 0 Å². The maximum atomic E-state index is 4.17. The predicted molar refractivity (Wildman–Crippen MR) is 71.0 cm³/mol. The zero-order chi connectivity index (χ0) is 12.1. The summed E-state index contributed by atoms with van der Waals surface area (Å²) < 4.78 is 2.28. The van der Waals surface area contributed by atoms with E-state index in [2.05, 4.69) is 34.9 Å². The molecule has 0 spiro atoms. The molecule has 0 aromatic carbocycles. The molecular weight excluding hydrogens is 210 g/mol. The Bertz CT molecular complexity index is 307. The third-order valence-electron chi connectivity index (χ3n) is 3.97. The lowest BCUT2D eigenvalue weighted by atomic mass is 10.1. The molecule has 1 N–H and O–H groups in total. The predicted octanol–water partition coefficient (Wildman–Crippen LogP) is 3.15. The average molecular weight is 235 g/mol. The van der Waals surface area contributed by atoms with Crippen molar-refractivity contribution in [2.45, 2.75) is 70.5 Å². The molecule has 1 aromatic rings. The number of aromatic nitrogens is 2. The Hall–Kier alpha value is -0.830. The molecule has 0 bridgehead atoms. The molecule has 0 saturated heterocycles. The van der Waals surface area contributed by atoms with Crippen LogP contribution in [0.25, 0.3) is 0 Å². The van der Waals surface area contributed by atoms with Crippen LogP contribution in [0.5, 0.6) is 0 Å². The van der Waals surface area contributed by atoms with Crippen molar-refractivity contribution in [3.05, 3.63) is 18.7 Å². The largest absolute Gasteiger partial charge is 0.333 e. The van der Waals surface area contributed by atoms with Gasteiger partial charge in [0, 0.05) is 30.5 Å². The van der Waals surface area contributed by atoms with Crippen LogP contribution in [0.1, 0.15) is 58.4 Å². The average Bonchev–Trinajstić information content (AvgIpc) is 2.98. The van der Waals surface area contributed by atoms with E-state index in [0.717, 1.165) is 0 Å². The molecule has 3 atom stereocenters. The standard InChI is InChI=1S/C14H25N3/c1-3-6-12(4-2)16-13-7-5-8-14(13)17-10-9-15-11-17/h9-14,16H,3-8H2,1-2H3. The first kappa shape index (κ1) is 12.6. The molecule has 1 saturated carbocycles. The Morgan fingerprint density at radius 2 is 2.29 bits per heavy atom. The fourth-order valence-corrected chi connectivity index (χ4v) is 3.01. The molecule has 3 nitrogen and oxygen atoms in total. The van der Waals surface area contributed by atoms with Gasteiger partial charge in [-0.15, -0.1) is 0 Å². The molecule has 0 radical (unpaired) electrons. The van der Waals surface area contributed by atoms with E-state index in [1.165, 1.54) is 38.5 Å². The topological polar surface area (TPSA) is 29.9 Å². The molecule has 1 fully saturated rings. The zero-order valence-electron chi connectivity index (χ0n) is 11.1. The second-order valence-electron chi connectivity index (χ2n) is 5.18. The minimum Gasteiger partial charge on any atom is -0.333 e. The lowest BCUT2D eigenvalue weighted by molar-refractivity contribution is 0.333. The maximum Gasteiger partial charge on any atom is 0.0949 e. The number of hydrogen-bond donors (Lipinski definition) is 1. The van der Waals surface area contributed by atoms with E-state index in [-0.39, 0.29) is 0 Å². The van der Waals surface area contributed by atoms with Gasteiger partial charge >= 0.3 is 0 Å². The van der Waals surface area contributed by atoms with Crippen molar-refractivity contribution in [2.75, 3.05) is 0 Å². The normalized spacial score (nSPS) is 26.2. The van der Waals surface area contributed by atoms with Crippen LogP contribution in [0.2, 0.25) is 0 Å². The molecule has 0 amide bonds. The highest BCUT2D eigenvalue weighted by Gasteiger charge is 2.29. The van der Waals surface area contributed by atoms with E-state index in [1.807, 2.05) is 12.5 Å². The zero-order valence-corrected chi connectivity index (χ0v) is 11.1. The molecular formula is C14H25N3. The quantitative estimate of drug-likeness (QED) is 0.821. The summed E-state index contributed by atoms with van der Waals surface area (Å²) in [5.41, 5.74) is 0. The Kier molecular flexibility index (Phi) is 4.60. The van der Waals surface area contributed by atoms with Gasteiger partial charge in [0.05, 0.1) is 6.33 Å². The highest BCUT2D eigenvalue weighted by Crippen LogP contribution is 2.30. The lowest BCUT2D eigenvalue weighted by Crippen LogP contribution is -2.40. The highest BCUT2D eigenvalue weighted by molar-refractivity contribution is 4.92. The fraction of sp³-hybridized carbons (Fsp3) is 0.786. The maximum absolute atomic E-state index is 4.17. The summed E-state index contributed by atoms with van der Waals surface area (Å²) in [6.45, 7) is 4.56. The summed E-state index contributed by atoms with van der Waals surface area (Å²) in [6.07, 6.45) is 13.7. The summed E-state index contributed by atoms with van der Waals surface area (Å²) in [5, 5.41) is 3.86. The number of nitrogens with zero attached hydrogens (tertiary/aromatic N) is 2. The van der Waals surface area contributed by atoms with Crippen LogP contribution in [-0.2, 0) is 0 Å². The smallest absolute Gasteiger partial charge is 0.0949 e. The Morgan fingerprint density at radius 1 is 1.41 bits per heavy atom. The first-order chi connectivity index (χ1) is 8.35. The van der Waals surface area contributed by atoms with Gasteiger partial charge < -0.3 is 9.88 Å². The summed E-state index contributed by atoms with van der Waals surface area (Å²) in [7, 11) is 0. The van der Waals surface area contributed by atoms with E-state index in [1.54, 1.807) is 0 Å². The molecule has 0 aliphatic heterocycles.